The highest BCUT2D eigenvalue weighted by atomic mass is 35.5. The molecule has 1 N–H and O–H groups in total. The van der Waals surface area contributed by atoms with E-state index < -0.39 is 5.78 Å². The highest BCUT2D eigenvalue weighted by Crippen LogP contribution is 2.35. The van der Waals surface area contributed by atoms with Crippen LogP contribution in [0.25, 0.3) is 22.4 Å². The summed E-state index contributed by atoms with van der Waals surface area (Å²) in [6.45, 7) is 0.420. The zero-order valence-corrected chi connectivity index (χ0v) is 18.0. The van der Waals surface area contributed by atoms with E-state index in [9.17, 15) is 9.90 Å². The fourth-order valence-corrected chi connectivity index (χ4v) is 4.05. The number of hydrogen-bond donors (Lipinski definition) is 1. The van der Waals surface area contributed by atoms with Gasteiger partial charge in [-0.15, -0.1) is 0 Å². The van der Waals surface area contributed by atoms with E-state index in [2.05, 4.69) is 9.97 Å². The summed E-state index contributed by atoms with van der Waals surface area (Å²) in [5, 5.41) is 11.5. The summed E-state index contributed by atoms with van der Waals surface area (Å²) in [5.41, 5.74) is 2.61. The molecule has 0 bridgehead atoms. The Balaban J connectivity index is 1.60. The fourth-order valence-electron chi connectivity index (χ4n) is 3.58. The summed E-state index contributed by atoms with van der Waals surface area (Å²) < 4.78 is 7.54. The van der Waals surface area contributed by atoms with Gasteiger partial charge in [-0.05, 0) is 48.0 Å². The molecule has 0 atom stereocenters. The molecule has 0 saturated carbocycles. The second kappa shape index (κ2) is 8.15. The molecule has 6 nitrogen and oxygen atoms in total. The quantitative estimate of drug-likeness (QED) is 0.324. The molecule has 32 heavy (non-hydrogen) atoms. The van der Waals surface area contributed by atoms with E-state index in [-0.39, 0.29) is 22.2 Å². The maximum absolute atomic E-state index is 13.4. The molecule has 0 fully saturated rings. The Hall–Kier alpha value is -3.61. The second-order valence-electron chi connectivity index (χ2n) is 7.17. The van der Waals surface area contributed by atoms with Crippen molar-refractivity contribution in [3.05, 3.63) is 100 Å². The van der Waals surface area contributed by atoms with Gasteiger partial charge < -0.3 is 14.1 Å². The third-order valence-electron chi connectivity index (χ3n) is 5.12. The number of hydrogen-bond acceptors (Lipinski definition) is 5. The summed E-state index contributed by atoms with van der Waals surface area (Å²) in [6.07, 6.45) is 4.61. The first-order valence-corrected chi connectivity index (χ1v) is 10.4. The fraction of sp³-hybridized carbons (Fsp3) is 0.0417. The lowest BCUT2D eigenvalue weighted by Crippen LogP contribution is -2.03. The molecule has 0 aliphatic rings. The topological polar surface area (TPSA) is 81.2 Å². The lowest BCUT2D eigenvalue weighted by Gasteiger charge is -2.08. The maximum Gasteiger partial charge on any atom is 0.233 e. The van der Waals surface area contributed by atoms with Crippen molar-refractivity contribution in [2.75, 3.05) is 0 Å². The highest BCUT2D eigenvalue weighted by Gasteiger charge is 2.26. The number of phenolic OH excluding ortho intramolecular Hbond substituents is 1. The van der Waals surface area contributed by atoms with Crippen LogP contribution in [0.15, 0.2) is 77.6 Å². The van der Waals surface area contributed by atoms with E-state index in [1.165, 1.54) is 12.3 Å². The molecular weight excluding hydrogens is 449 g/mol. The SMILES string of the molecule is O=C(c1cnc(-c2ccncc2)o1)c1c(Cl)n(Cc2ccc(Cl)cc2)c2ccc(O)cc12. The Morgan fingerprint density at radius 1 is 1.03 bits per heavy atom. The smallest absolute Gasteiger partial charge is 0.233 e. The number of halogens is 2. The van der Waals surface area contributed by atoms with Gasteiger partial charge in [0.2, 0.25) is 11.7 Å². The van der Waals surface area contributed by atoms with Gasteiger partial charge in [0, 0.05) is 34.9 Å². The summed E-state index contributed by atoms with van der Waals surface area (Å²) >= 11 is 12.7. The van der Waals surface area contributed by atoms with E-state index >= 15 is 0 Å². The molecule has 5 rings (SSSR count). The Bertz CT molecular complexity index is 1440. The minimum atomic E-state index is -0.423. The first-order chi connectivity index (χ1) is 15.5. The van der Waals surface area contributed by atoms with Crippen molar-refractivity contribution in [3.8, 4) is 17.2 Å². The molecule has 3 heterocycles. The van der Waals surface area contributed by atoms with Crippen molar-refractivity contribution in [1.82, 2.24) is 14.5 Å². The normalized spacial score (nSPS) is 11.2. The molecule has 5 aromatic rings. The van der Waals surface area contributed by atoms with Crippen LogP contribution >= 0.6 is 23.2 Å². The number of oxazole rings is 1. The number of aromatic nitrogens is 3. The van der Waals surface area contributed by atoms with E-state index in [1.54, 1.807) is 48.8 Å². The van der Waals surface area contributed by atoms with E-state index in [4.69, 9.17) is 27.6 Å². The number of benzene rings is 2. The van der Waals surface area contributed by atoms with Gasteiger partial charge in [-0.1, -0.05) is 35.3 Å². The van der Waals surface area contributed by atoms with Crippen molar-refractivity contribution >= 4 is 39.9 Å². The van der Waals surface area contributed by atoms with Crippen molar-refractivity contribution in [2.45, 2.75) is 6.54 Å². The number of phenols is 1. The number of ketones is 1. The maximum atomic E-state index is 13.4. The number of pyridine rings is 1. The molecule has 8 heteroatoms. The Labute approximate surface area is 192 Å². The average molecular weight is 464 g/mol. The van der Waals surface area contributed by atoms with Gasteiger partial charge in [-0.3, -0.25) is 9.78 Å². The molecule has 0 unspecified atom stereocenters. The largest absolute Gasteiger partial charge is 0.508 e. The second-order valence-corrected chi connectivity index (χ2v) is 7.97. The molecule has 2 aromatic carbocycles. The predicted octanol–water partition coefficient (Wildman–Crippen LogP) is 5.98. The molecule has 0 aliphatic heterocycles. The van der Waals surface area contributed by atoms with Crippen LogP contribution in [0.4, 0.5) is 0 Å². The van der Waals surface area contributed by atoms with Gasteiger partial charge in [0.25, 0.3) is 0 Å². The van der Waals surface area contributed by atoms with E-state index in [0.29, 0.717) is 33.9 Å². The lowest BCUT2D eigenvalue weighted by molar-refractivity contribution is 0.101. The van der Waals surface area contributed by atoms with Crippen LogP contribution in [0.1, 0.15) is 21.7 Å². The minimum Gasteiger partial charge on any atom is -0.508 e. The van der Waals surface area contributed by atoms with Crippen LogP contribution in [0.2, 0.25) is 10.2 Å². The van der Waals surface area contributed by atoms with E-state index in [0.717, 1.165) is 5.56 Å². The average Bonchev–Trinajstić information content (AvgIpc) is 3.39. The standard InChI is InChI=1S/C24H15Cl2N3O3/c25-16-3-1-14(2-4-16)13-29-19-6-5-17(30)11-18(19)21(23(29)26)22(31)20-12-28-24(32-20)15-7-9-27-10-8-15/h1-12,30H,13H2. The molecular formula is C24H15Cl2N3O3. The number of nitrogens with zero attached hydrogens (tertiary/aromatic N) is 3. The first kappa shape index (κ1) is 20.3. The summed E-state index contributed by atoms with van der Waals surface area (Å²) in [4.78, 5) is 21.6. The predicted molar refractivity (Wildman–Crippen MR) is 122 cm³/mol. The summed E-state index contributed by atoms with van der Waals surface area (Å²) in [6, 6.07) is 15.7. The van der Waals surface area contributed by atoms with Gasteiger partial charge in [-0.25, -0.2) is 4.98 Å². The highest BCUT2D eigenvalue weighted by molar-refractivity contribution is 6.37. The van der Waals surface area contributed by atoms with Gasteiger partial charge in [0.05, 0.1) is 17.3 Å². The van der Waals surface area contributed by atoms with Crippen molar-refractivity contribution in [2.24, 2.45) is 0 Å². The number of carbonyl (C=O) groups excluding carboxylic acids is 1. The summed E-state index contributed by atoms with van der Waals surface area (Å²) in [7, 11) is 0. The van der Waals surface area contributed by atoms with Crippen LogP contribution in [-0.4, -0.2) is 25.4 Å². The molecule has 158 valence electrons. The Morgan fingerprint density at radius 3 is 2.53 bits per heavy atom. The van der Waals surface area contributed by atoms with Crippen LogP contribution < -0.4 is 0 Å². The lowest BCUT2D eigenvalue weighted by atomic mass is 10.1. The minimum absolute atomic E-state index is 0.0295. The molecule has 0 saturated heterocycles. The third kappa shape index (κ3) is 3.64. The first-order valence-electron chi connectivity index (χ1n) is 9.67. The van der Waals surface area contributed by atoms with Crippen molar-refractivity contribution in [3.63, 3.8) is 0 Å². The molecule has 3 aromatic heterocycles. The molecule has 0 spiro atoms. The van der Waals surface area contributed by atoms with Crippen molar-refractivity contribution in [1.29, 1.82) is 0 Å². The zero-order valence-electron chi connectivity index (χ0n) is 16.5. The third-order valence-corrected chi connectivity index (χ3v) is 5.77. The molecule has 0 amide bonds. The van der Waals surface area contributed by atoms with Gasteiger partial charge in [0.15, 0.2) is 5.76 Å². The van der Waals surface area contributed by atoms with Crippen LogP contribution in [0.5, 0.6) is 5.75 Å². The van der Waals surface area contributed by atoms with Crippen LogP contribution in [-0.2, 0) is 6.54 Å². The summed E-state index contributed by atoms with van der Waals surface area (Å²) in [5.74, 6) is -0.0395. The van der Waals surface area contributed by atoms with Gasteiger partial charge in [0.1, 0.15) is 10.9 Å². The number of aromatic hydroxyl groups is 1. The van der Waals surface area contributed by atoms with Gasteiger partial charge >= 0.3 is 0 Å². The number of rotatable bonds is 5. The molecule has 0 radical (unpaired) electrons. The van der Waals surface area contributed by atoms with Crippen molar-refractivity contribution < 1.29 is 14.3 Å². The number of fused-ring (bicyclic) bond motifs is 1. The van der Waals surface area contributed by atoms with Gasteiger partial charge in [-0.2, -0.15) is 0 Å². The van der Waals surface area contributed by atoms with E-state index in [1.807, 2.05) is 16.7 Å². The Kier molecular flexibility index (Phi) is 5.17. The van der Waals surface area contributed by atoms with Crippen LogP contribution in [0, 0.1) is 0 Å². The number of carbonyl (C=O) groups is 1. The molecule has 0 aliphatic carbocycles. The monoisotopic (exact) mass is 463 g/mol. The zero-order chi connectivity index (χ0) is 22.2. The Morgan fingerprint density at radius 2 is 1.78 bits per heavy atom. The van der Waals surface area contributed by atoms with Crippen LogP contribution in [0.3, 0.4) is 0 Å².